The maximum absolute atomic E-state index is 11.4. The zero-order valence-electron chi connectivity index (χ0n) is 8.49. The van der Waals surface area contributed by atoms with E-state index in [-0.39, 0.29) is 5.97 Å². The first-order valence-corrected chi connectivity index (χ1v) is 6.26. The minimum absolute atomic E-state index is 0.259. The van der Waals surface area contributed by atoms with Gasteiger partial charge in [-0.15, -0.1) is 11.3 Å². The van der Waals surface area contributed by atoms with Crippen LogP contribution in [0.4, 0.5) is 0 Å². The fraction of sp³-hybridized carbons (Fsp3) is 0.556. The molecule has 0 saturated heterocycles. The van der Waals surface area contributed by atoms with E-state index in [1.54, 1.807) is 18.7 Å². The van der Waals surface area contributed by atoms with E-state index in [1.807, 2.05) is 6.92 Å². The van der Waals surface area contributed by atoms with Gasteiger partial charge < -0.3 is 4.74 Å². The Balaban J connectivity index is 2.81. The number of thiazole rings is 1. The number of nitrogens with zero attached hydrogens (tertiary/aromatic N) is 1. The summed E-state index contributed by atoms with van der Waals surface area (Å²) in [5, 5.41) is 0. The molecule has 0 aromatic carbocycles. The Labute approximate surface area is 91.9 Å². The summed E-state index contributed by atoms with van der Waals surface area (Å²) in [5.41, 5.74) is 0.768. The molecule has 1 heterocycles. The lowest BCUT2D eigenvalue weighted by Gasteiger charge is -1.97. The van der Waals surface area contributed by atoms with Crippen molar-refractivity contribution in [1.82, 2.24) is 4.98 Å². The summed E-state index contributed by atoms with van der Waals surface area (Å²) in [4.78, 5) is 16.3. The van der Waals surface area contributed by atoms with Gasteiger partial charge in [0.2, 0.25) is 0 Å². The van der Waals surface area contributed by atoms with Crippen molar-refractivity contribution < 1.29 is 9.53 Å². The summed E-state index contributed by atoms with van der Waals surface area (Å²) < 4.78 is 5.86. The number of aryl methyl sites for hydroxylation is 1. The van der Waals surface area contributed by atoms with Crippen LogP contribution < -0.4 is 0 Å². The summed E-state index contributed by atoms with van der Waals surface area (Å²) >= 11 is 3.05. The lowest BCUT2D eigenvalue weighted by molar-refractivity contribution is 0.0531. The van der Waals surface area contributed by atoms with Crippen LogP contribution in [0, 0.1) is 6.92 Å². The monoisotopic (exact) mass is 231 g/mol. The zero-order valence-corrected chi connectivity index (χ0v) is 10.1. The molecule has 1 aromatic heterocycles. The molecule has 1 aromatic rings. The standard InChI is InChI=1S/C9H13NO2S2/c1-4-12-8(11)7-6(3)10-9(14-7)13-5-2/h4-5H2,1-3H3. The lowest BCUT2D eigenvalue weighted by Crippen LogP contribution is -2.03. The Bertz CT molecular complexity index is 323. The molecule has 0 aliphatic heterocycles. The van der Waals surface area contributed by atoms with Crippen molar-refractivity contribution in [2.24, 2.45) is 0 Å². The summed E-state index contributed by atoms with van der Waals surface area (Å²) in [5.74, 6) is 0.709. The van der Waals surface area contributed by atoms with Crippen molar-refractivity contribution in [3.63, 3.8) is 0 Å². The number of carbonyl (C=O) groups is 1. The number of hydrogen-bond donors (Lipinski definition) is 0. The maximum atomic E-state index is 11.4. The van der Waals surface area contributed by atoms with Crippen molar-refractivity contribution in [3.05, 3.63) is 10.6 Å². The van der Waals surface area contributed by atoms with Crippen LogP contribution in [0.2, 0.25) is 0 Å². The molecule has 0 spiro atoms. The van der Waals surface area contributed by atoms with Crippen molar-refractivity contribution in [1.29, 1.82) is 0 Å². The van der Waals surface area contributed by atoms with Gasteiger partial charge in [-0.25, -0.2) is 9.78 Å². The molecule has 0 aliphatic rings. The minimum Gasteiger partial charge on any atom is -0.462 e. The Kier molecular flexibility index (Phi) is 4.41. The SMILES string of the molecule is CCOC(=O)c1sc(SCC)nc1C. The predicted octanol–water partition coefficient (Wildman–Crippen LogP) is 2.74. The number of hydrogen-bond acceptors (Lipinski definition) is 5. The van der Waals surface area contributed by atoms with Crippen LogP contribution in [0.5, 0.6) is 0 Å². The first-order valence-electron chi connectivity index (χ1n) is 4.46. The number of ether oxygens (including phenoxy) is 1. The van der Waals surface area contributed by atoms with E-state index in [4.69, 9.17) is 4.74 Å². The van der Waals surface area contributed by atoms with Gasteiger partial charge >= 0.3 is 5.97 Å². The molecule has 0 unspecified atom stereocenters. The first kappa shape index (κ1) is 11.5. The van der Waals surface area contributed by atoms with Crippen molar-refractivity contribution >= 4 is 29.1 Å². The van der Waals surface area contributed by atoms with Crippen LogP contribution >= 0.6 is 23.1 Å². The first-order chi connectivity index (χ1) is 6.69. The highest BCUT2D eigenvalue weighted by Crippen LogP contribution is 2.27. The van der Waals surface area contributed by atoms with Crippen LogP contribution in [0.3, 0.4) is 0 Å². The molecule has 5 heteroatoms. The zero-order chi connectivity index (χ0) is 10.6. The lowest BCUT2D eigenvalue weighted by atomic mass is 10.4. The van der Waals surface area contributed by atoms with Crippen LogP contribution in [-0.2, 0) is 4.74 Å². The number of esters is 1. The van der Waals surface area contributed by atoms with Crippen LogP contribution in [-0.4, -0.2) is 23.3 Å². The molecule has 0 N–H and O–H groups in total. The molecule has 0 saturated carbocycles. The molecule has 0 bridgehead atoms. The molecule has 1 rings (SSSR count). The Morgan fingerprint density at radius 2 is 2.29 bits per heavy atom. The summed E-state index contributed by atoms with van der Waals surface area (Å²) in [7, 11) is 0. The third-order valence-corrected chi connectivity index (χ3v) is 3.67. The van der Waals surface area contributed by atoms with Gasteiger partial charge in [-0.1, -0.05) is 18.7 Å². The summed E-state index contributed by atoms with van der Waals surface area (Å²) in [6.07, 6.45) is 0. The van der Waals surface area contributed by atoms with Gasteiger partial charge in [0.25, 0.3) is 0 Å². The second-order valence-corrected chi connectivity index (χ2v) is 5.06. The Morgan fingerprint density at radius 3 is 2.86 bits per heavy atom. The third-order valence-electron chi connectivity index (χ3n) is 1.51. The van der Waals surface area contributed by atoms with Crippen molar-refractivity contribution in [2.75, 3.05) is 12.4 Å². The van der Waals surface area contributed by atoms with Gasteiger partial charge in [-0.3, -0.25) is 0 Å². The van der Waals surface area contributed by atoms with Gasteiger partial charge in [0.05, 0.1) is 12.3 Å². The maximum Gasteiger partial charge on any atom is 0.350 e. The average molecular weight is 231 g/mol. The number of rotatable bonds is 4. The molecule has 3 nitrogen and oxygen atoms in total. The fourth-order valence-electron chi connectivity index (χ4n) is 0.943. The molecule has 0 aliphatic carbocycles. The van der Waals surface area contributed by atoms with Gasteiger partial charge in [0.1, 0.15) is 4.88 Å². The second kappa shape index (κ2) is 5.36. The van der Waals surface area contributed by atoms with Gasteiger partial charge in [-0.2, -0.15) is 0 Å². The van der Waals surface area contributed by atoms with E-state index in [9.17, 15) is 4.79 Å². The van der Waals surface area contributed by atoms with E-state index in [1.165, 1.54) is 11.3 Å². The Morgan fingerprint density at radius 1 is 1.57 bits per heavy atom. The van der Waals surface area contributed by atoms with Crippen LogP contribution in [0.25, 0.3) is 0 Å². The topological polar surface area (TPSA) is 39.2 Å². The van der Waals surface area contributed by atoms with E-state index in [2.05, 4.69) is 11.9 Å². The average Bonchev–Trinajstić information content (AvgIpc) is 2.48. The van der Waals surface area contributed by atoms with E-state index in [0.29, 0.717) is 11.5 Å². The molecular formula is C9H13NO2S2. The largest absolute Gasteiger partial charge is 0.462 e. The quantitative estimate of drug-likeness (QED) is 0.590. The van der Waals surface area contributed by atoms with Gasteiger partial charge in [0.15, 0.2) is 4.34 Å². The van der Waals surface area contributed by atoms with Crippen LogP contribution in [0.15, 0.2) is 4.34 Å². The predicted molar refractivity (Wildman–Crippen MR) is 59.2 cm³/mol. The van der Waals surface area contributed by atoms with E-state index < -0.39 is 0 Å². The van der Waals surface area contributed by atoms with E-state index in [0.717, 1.165) is 15.8 Å². The molecule has 0 radical (unpaired) electrons. The summed E-state index contributed by atoms with van der Waals surface area (Å²) in [6.45, 7) is 6.11. The number of thioether (sulfide) groups is 1. The van der Waals surface area contributed by atoms with E-state index >= 15 is 0 Å². The van der Waals surface area contributed by atoms with Crippen molar-refractivity contribution in [3.8, 4) is 0 Å². The normalized spacial score (nSPS) is 10.2. The van der Waals surface area contributed by atoms with Crippen molar-refractivity contribution in [2.45, 2.75) is 25.1 Å². The molecule has 14 heavy (non-hydrogen) atoms. The fourth-order valence-corrected chi connectivity index (χ4v) is 2.92. The smallest absolute Gasteiger partial charge is 0.350 e. The molecule has 0 amide bonds. The summed E-state index contributed by atoms with van der Waals surface area (Å²) in [6, 6.07) is 0. The molecular weight excluding hydrogens is 218 g/mol. The highest BCUT2D eigenvalue weighted by atomic mass is 32.2. The Hall–Kier alpha value is -0.550. The van der Waals surface area contributed by atoms with Crippen LogP contribution in [0.1, 0.15) is 29.2 Å². The highest BCUT2D eigenvalue weighted by molar-refractivity contribution is 8.01. The minimum atomic E-state index is -0.259. The highest BCUT2D eigenvalue weighted by Gasteiger charge is 2.15. The number of carbonyl (C=O) groups excluding carboxylic acids is 1. The second-order valence-electron chi connectivity index (χ2n) is 2.55. The molecule has 78 valence electrons. The number of aromatic nitrogens is 1. The molecule has 0 fully saturated rings. The molecule has 0 atom stereocenters. The van der Waals surface area contributed by atoms with Gasteiger partial charge in [0, 0.05) is 0 Å². The van der Waals surface area contributed by atoms with Gasteiger partial charge in [-0.05, 0) is 19.6 Å². The third kappa shape index (κ3) is 2.72.